The van der Waals surface area contributed by atoms with E-state index in [2.05, 4.69) is 25.7 Å². The molecule has 0 aliphatic heterocycles. The van der Waals surface area contributed by atoms with E-state index >= 15 is 0 Å². The highest BCUT2D eigenvalue weighted by molar-refractivity contribution is 5.19. The highest BCUT2D eigenvalue weighted by atomic mass is 16.5. The summed E-state index contributed by atoms with van der Waals surface area (Å²) in [5.74, 6) is 0.603. The summed E-state index contributed by atoms with van der Waals surface area (Å²) in [7, 11) is 0. The maximum atomic E-state index is 4.87. The third-order valence-corrected chi connectivity index (χ3v) is 1.58. The molecule has 0 amide bonds. The van der Waals surface area contributed by atoms with Gasteiger partial charge in [0.05, 0.1) is 12.2 Å². The average molecular weight is 191 g/mol. The molecule has 6 nitrogen and oxygen atoms in total. The van der Waals surface area contributed by atoms with E-state index in [0.29, 0.717) is 18.4 Å². The topological polar surface area (TPSA) is 76.7 Å². The van der Waals surface area contributed by atoms with Crippen molar-refractivity contribution in [3.63, 3.8) is 0 Å². The van der Waals surface area contributed by atoms with E-state index in [1.54, 1.807) is 13.1 Å². The van der Waals surface area contributed by atoms with Gasteiger partial charge < -0.3 is 9.84 Å². The minimum absolute atomic E-state index is 0.396. The molecule has 0 aliphatic carbocycles. The number of anilines is 1. The van der Waals surface area contributed by atoms with Crippen molar-refractivity contribution in [2.24, 2.45) is 0 Å². The van der Waals surface area contributed by atoms with Crippen LogP contribution in [0.25, 0.3) is 0 Å². The van der Waals surface area contributed by atoms with Crippen LogP contribution in [0.3, 0.4) is 0 Å². The molecule has 2 heterocycles. The number of hydrogen-bond acceptors (Lipinski definition) is 6. The second-order valence-corrected chi connectivity index (χ2v) is 2.72. The van der Waals surface area contributed by atoms with Crippen molar-refractivity contribution in [2.45, 2.75) is 13.5 Å². The van der Waals surface area contributed by atoms with E-state index in [-0.39, 0.29) is 0 Å². The quantitative estimate of drug-likeness (QED) is 0.772. The van der Waals surface area contributed by atoms with Gasteiger partial charge in [-0.15, -0.1) is 0 Å². The summed E-state index contributed by atoms with van der Waals surface area (Å²) < 4.78 is 4.87. The molecule has 1 N–H and O–H groups in total. The number of aromatic nitrogens is 4. The van der Waals surface area contributed by atoms with Crippen molar-refractivity contribution < 1.29 is 4.52 Å². The molecule has 2 aromatic heterocycles. The highest BCUT2D eigenvalue weighted by Gasteiger charge is 2.01. The maximum absolute atomic E-state index is 4.87. The Hall–Kier alpha value is -1.98. The van der Waals surface area contributed by atoms with Gasteiger partial charge in [-0.25, -0.2) is 0 Å². The van der Waals surface area contributed by atoms with Gasteiger partial charge in [0, 0.05) is 6.20 Å². The summed E-state index contributed by atoms with van der Waals surface area (Å²) in [6.45, 7) is 2.28. The lowest BCUT2D eigenvalue weighted by molar-refractivity contribution is 0.425. The fraction of sp³-hybridized carbons (Fsp3) is 0.250. The number of aryl methyl sites for hydroxylation is 1. The zero-order valence-corrected chi connectivity index (χ0v) is 7.64. The first-order chi connectivity index (χ1) is 6.84. The fourth-order valence-electron chi connectivity index (χ4n) is 0.963. The number of nitrogens with zero attached hydrogens (tertiary/aromatic N) is 4. The van der Waals surface area contributed by atoms with Crippen LogP contribution in [-0.4, -0.2) is 20.3 Å². The SMILES string of the molecule is Cc1noc(NCc2cccnn2)n1. The molecular formula is C8H9N5O. The zero-order valence-electron chi connectivity index (χ0n) is 7.64. The molecule has 14 heavy (non-hydrogen) atoms. The van der Waals surface area contributed by atoms with Gasteiger partial charge in [0.15, 0.2) is 5.82 Å². The maximum Gasteiger partial charge on any atom is 0.321 e. The Morgan fingerprint density at radius 2 is 2.43 bits per heavy atom. The lowest BCUT2D eigenvalue weighted by Crippen LogP contribution is -2.02. The Kier molecular flexibility index (Phi) is 2.35. The monoisotopic (exact) mass is 191 g/mol. The summed E-state index contributed by atoms with van der Waals surface area (Å²) in [4.78, 5) is 3.99. The summed E-state index contributed by atoms with van der Waals surface area (Å²) >= 11 is 0. The van der Waals surface area contributed by atoms with Gasteiger partial charge in [-0.3, -0.25) is 0 Å². The third-order valence-electron chi connectivity index (χ3n) is 1.58. The minimum Gasteiger partial charge on any atom is -0.332 e. The highest BCUT2D eigenvalue weighted by Crippen LogP contribution is 2.03. The van der Waals surface area contributed by atoms with Crippen LogP contribution in [0.15, 0.2) is 22.9 Å². The van der Waals surface area contributed by atoms with Crippen molar-refractivity contribution in [1.82, 2.24) is 20.3 Å². The molecule has 0 atom stereocenters. The average Bonchev–Trinajstić information content (AvgIpc) is 2.63. The lowest BCUT2D eigenvalue weighted by atomic mass is 10.4. The molecule has 2 aromatic rings. The Balaban J connectivity index is 1.95. The number of rotatable bonds is 3. The first-order valence-corrected chi connectivity index (χ1v) is 4.15. The van der Waals surface area contributed by atoms with Crippen LogP contribution in [0.1, 0.15) is 11.5 Å². The van der Waals surface area contributed by atoms with E-state index in [0.717, 1.165) is 5.69 Å². The molecule has 0 aromatic carbocycles. The Morgan fingerprint density at radius 3 is 3.07 bits per heavy atom. The van der Waals surface area contributed by atoms with Gasteiger partial charge in [0.2, 0.25) is 0 Å². The summed E-state index contributed by atoms with van der Waals surface area (Å²) in [6, 6.07) is 4.08. The second-order valence-electron chi connectivity index (χ2n) is 2.72. The van der Waals surface area contributed by atoms with Crippen molar-refractivity contribution in [3.05, 3.63) is 29.8 Å². The first-order valence-electron chi connectivity index (χ1n) is 4.15. The van der Waals surface area contributed by atoms with Crippen LogP contribution in [0, 0.1) is 6.92 Å². The Bertz CT molecular complexity index is 399. The Labute approximate surface area is 80.4 Å². The smallest absolute Gasteiger partial charge is 0.321 e. The van der Waals surface area contributed by atoms with E-state index in [1.807, 2.05) is 12.1 Å². The zero-order chi connectivity index (χ0) is 9.80. The molecule has 0 saturated carbocycles. The first kappa shape index (κ1) is 8.61. The molecule has 6 heteroatoms. The van der Waals surface area contributed by atoms with Crippen LogP contribution in [0.2, 0.25) is 0 Å². The number of nitrogens with one attached hydrogen (secondary N) is 1. The Morgan fingerprint density at radius 1 is 1.50 bits per heavy atom. The summed E-state index contributed by atoms with van der Waals surface area (Å²) in [5, 5.41) is 14.2. The minimum atomic E-state index is 0.396. The molecule has 0 aliphatic rings. The second kappa shape index (κ2) is 3.82. The molecule has 0 saturated heterocycles. The van der Waals surface area contributed by atoms with Gasteiger partial charge in [-0.1, -0.05) is 5.16 Å². The molecule has 2 rings (SSSR count). The van der Waals surface area contributed by atoms with Gasteiger partial charge in [0.1, 0.15) is 0 Å². The van der Waals surface area contributed by atoms with Crippen molar-refractivity contribution in [1.29, 1.82) is 0 Å². The predicted molar refractivity (Wildman–Crippen MR) is 48.4 cm³/mol. The molecular weight excluding hydrogens is 182 g/mol. The summed E-state index contributed by atoms with van der Waals surface area (Å²) in [5.41, 5.74) is 0.823. The van der Waals surface area contributed by atoms with Crippen LogP contribution in [0.5, 0.6) is 0 Å². The molecule has 0 radical (unpaired) electrons. The number of hydrogen-bond donors (Lipinski definition) is 1. The lowest BCUT2D eigenvalue weighted by Gasteiger charge is -1.97. The van der Waals surface area contributed by atoms with Crippen LogP contribution in [0.4, 0.5) is 6.01 Å². The van der Waals surface area contributed by atoms with E-state index in [1.165, 1.54) is 0 Å². The van der Waals surface area contributed by atoms with E-state index < -0.39 is 0 Å². The molecule has 0 unspecified atom stereocenters. The van der Waals surface area contributed by atoms with Crippen LogP contribution < -0.4 is 5.32 Å². The molecule has 0 bridgehead atoms. The molecule has 0 spiro atoms. The van der Waals surface area contributed by atoms with Crippen LogP contribution >= 0.6 is 0 Å². The van der Waals surface area contributed by atoms with Crippen molar-refractivity contribution in [3.8, 4) is 0 Å². The molecule has 0 fully saturated rings. The van der Waals surface area contributed by atoms with Gasteiger partial charge in [-0.05, 0) is 19.1 Å². The third kappa shape index (κ3) is 2.03. The van der Waals surface area contributed by atoms with Gasteiger partial charge in [-0.2, -0.15) is 15.2 Å². The van der Waals surface area contributed by atoms with Crippen LogP contribution in [-0.2, 0) is 6.54 Å². The van der Waals surface area contributed by atoms with Gasteiger partial charge in [0.25, 0.3) is 0 Å². The van der Waals surface area contributed by atoms with E-state index in [4.69, 9.17) is 4.52 Å². The largest absolute Gasteiger partial charge is 0.332 e. The van der Waals surface area contributed by atoms with Crippen molar-refractivity contribution >= 4 is 6.01 Å². The summed E-state index contributed by atoms with van der Waals surface area (Å²) in [6.07, 6.45) is 1.63. The molecule has 72 valence electrons. The normalized spacial score (nSPS) is 10.1. The fourth-order valence-corrected chi connectivity index (χ4v) is 0.963. The van der Waals surface area contributed by atoms with Gasteiger partial charge >= 0.3 is 6.01 Å². The predicted octanol–water partition coefficient (Wildman–Crippen LogP) is 0.780. The van der Waals surface area contributed by atoms with E-state index in [9.17, 15) is 0 Å². The van der Waals surface area contributed by atoms with Crippen molar-refractivity contribution in [2.75, 3.05) is 5.32 Å². The standard InChI is InChI=1S/C8H9N5O/c1-6-11-8(14-13-6)9-5-7-3-2-4-10-12-7/h2-4H,5H2,1H3,(H,9,11,13).